The van der Waals surface area contributed by atoms with Crippen molar-refractivity contribution in [2.24, 2.45) is 0 Å². The standard InChI is InChI=1S/C24H26ClN3O3/c1-30-21-10-5-17(14-22(21)31-2)11-12-26-23(29)16-27-15-20(28-13-3-4-24(27)28)18-6-8-19(25)9-7-18/h5-10,14-15H,3-4,11-13,16H2,1-2H3/p+1. The van der Waals surface area contributed by atoms with Gasteiger partial charge in [0.1, 0.15) is 6.20 Å². The Balaban J connectivity index is 1.39. The van der Waals surface area contributed by atoms with Gasteiger partial charge in [0.15, 0.2) is 23.7 Å². The Hall–Kier alpha value is -2.99. The molecule has 162 valence electrons. The van der Waals surface area contributed by atoms with Crippen LogP contribution in [0.2, 0.25) is 5.02 Å². The first kappa shape index (κ1) is 21.2. The number of methoxy groups -OCH3 is 2. The predicted molar refractivity (Wildman–Crippen MR) is 120 cm³/mol. The molecule has 3 aromatic rings. The molecular weight excluding hydrogens is 414 g/mol. The van der Waals surface area contributed by atoms with Gasteiger partial charge in [0.2, 0.25) is 0 Å². The summed E-state index contributed by atoms with van der Waals surface area (Å²) in [6.07, 6.45) is 4.87. The number of amides is 1. The van der Waals surface area contributed by atoms with Crippen molar-refractivity contribution < 1.29 is 18.8 Å². The van der Waals surface area contributed by atoms with Crippen molar-refractivity contribution in [2.45, 2.75) is 32.4 Å². The number of ether oxygens (including phenoxy) is 2. The lowest BCUT2D eigenvalue weighted by Crippen LogP contribution is -2.44. The molecule has 4 rings (SSSR count). The lowest BCUT2D eigenvalue weighted by atomic mass is 10.1. The summed E-state index contributed by atoms with van der Waals surface area (Å²) in [5, 5.41) is 3.76. The minimum absolute atomic E-state index is 0.00781. The van der Waals surface area contributed by atoms with Gasteiger partial charge in [-0.1, -0.05) is 17.7 Å². The maximum atomic E-state index is 12.6. The van der Waals surface area contributed by atoms with Gasteiger partial charge in [0.25, 0.3) is 11.7 Å². The SMILES string of the molecule is COc1ccc(CCNC(=O)C[n+]2cc(-c3ccc(Cl)cc3)n3c2CCC3)cc1OC. The molecular formula is C24H27ClN3O3+. The lowest BCUT2D eigenvalue weighted by Gasteiger charge is -2.10. The molecule has 0 saturated heterocycles. The monoisotopic (exact) mass is 440 g/mol. The van der Waals surface area contributed by atoms with E-state index in [0.29, 0.717) is 24.6 Å². The Morgan fingerprint density at radius 1 is 1.13 bits per heavy atom. The van der Waals surface area contributed by atoms with Crippen molar-refractivity contribution in [3.8, 4) is 22.8 Å². The zero-order valence-corrected chi connectivity index (χ0v) is 18.6. The van der Waals surface area contributed by atoms with Crippen LogP contribution in [0, 0.1) is 0 Å². The maximum Gasteiger partial charge on any atom is 0.262 e. The van der Waals surface area contributed by atoms with Gasteiger partial charge < -0.3 is 14.8 Å². The number of hydrogen-bond acceptors (Lipinski definition) is 3. The second-order valence-corrected chi connectivity index (χ2v) is 8.05. The third kappa shape index (κ3) is 4.69. The van der Waals surface area contributed by atoms with Gasteiger partial charge in [-0.05, 0) is 54.8 Å². The molecule has 1 N–H and O–H groups in total. The van der Waals surface area contributed by atoms with Crippen molar-refractivity contribution in [3.05, 3.63) is 65.1 Å². The highest BCUT2D eigenvalue weighted by atomic mass is 35.5. The number of halogens is 1. The molecule has 7 heteroatoms. The average molecular weight is 441 g/mol. The van der Waals surface area contributed by atoms with Crippen LogP contribution in [0.5, 0.6) is 11.5 Å². The summed E-state index contributed by atoms with van der Waals surface area (Å²) < 4.78 is 15.0. The van der Waals surface area contributed by atoms with Crippen LogP contribution < -0.4 is 19.4 Å². The highest BCUT2D eigenvalue weighted by Crippen LogP contribution is 2.28. The molecule has 6 nitrogen and oxygen atoms in total. The number of rotatable bonds is 8. The van der Waals surface area contributed by atoms with Gasteiger partial charge in [-0.25, -0.2) is 9.13 Å². The Morgan fingerprint density at radius 2 is 1.90 bits per heavy atom. The van der Waals surface area contributed by atoms with Crippen LogP contribution >= 0.6 is 11.6 Å². The molecule has 0 fully saturated rings. The summed E-state index contributed by atoms with van der Waals surface area (Å²) in [6.45, 7) is 1.85. The number of carbonyl (C=O) groups is 1. The molecule has 31 heavy (non-hydrogen) atoms. The number of hydrogen-bond donors (Lipinski definition) is 1. The molecule has 1 aromatic heterocycles. The fourth-order valence-electron chi connectivity index (χ4n) is 4.09. The molecule has 0 radical (unpaired) electrons. The number of carbonyl (C=O) groups excluding carboxylic acids is 1. The van der Waals surface area contributed by atoms with Gasteiger partial charge >= 0.3 is 0 Å². The topological polar surface area (TPSA) is 56.4 Å². The fraction of sp³-hybridized carbons (Fsp3) is 0.333. The van der Waals surface area contributed by atoms with Crippen molar-refractivity contribution in [3.63, 3.8) is 0 Å². The fourth-order valence-corrected chi connectivity index (χ4v) is 4.22. The third-order valence-electron chi connectivity index (χ3n) is 5.63. The van der Waals surface area contributed by atoms with Crippen LogP contribution in [0.4, 0.5) is 0 Å². The number of imidazole rings is 1. The lowest BCUT2D eigenvalue weighted by molar-refractivity contribution is -0.690. The molecule has 1 amide bonds. The van der Waals surface area contributed by atoms with E-state index < -0.39 is 0 Å². The second kappa shape index (κ2) is 9.43. The van der Waals surface area contributed by atoms with Gasteiger partial charge in [-0.2, -0.15) is 0 Å². The van der Waals surface area contributed by atoms with Gasteiger partial charge in [0, 0.05) is 17.1 Å². The third-order valence-corrected chi connectivity index (χ3v) is 5.88. The zero-order chi connectivity index (χ0) is 21.8. The summed E-state index contributed by atoms with van der Waals surface area (Å²) in [7, 11) is 3.24. The van der Waals surface area contributed by atoms with E-state index in [1.807, 2.05) is 42.5 Å². The number of benzene rings is 2. The van der Waals surface area contributed by atoms with E-state index in [0.717, 1.165) is 47.7 Å². The van der Waals surface area contributed by atoms with Crippen molar-refractivity contribution in [1.29, 1.82) is 0 Å². The van der Waals surface area contributed by atoms with Crippen molar-refractivity contribution in [1.82, 2.24) is 9.88 Å². The molecule has 0 aliphatic carbocycles. The van der Waals surface area contributed by atoms with E-state index in [9.17, 15) is 4.79 Å². The first-order valence-corrected chi connectivity index (χ1v) is 10.8. The molecule has 2 heterocycles. The Labute approximate surface area is 187 Å². The van der Waals surface area contributed by atoms with E-state index in [2.05, 4.69) is 20.6 Å². The highest BCUT2D eigenvalue weighted by Gasteiger charge is 2.29. The molecule has 2 aromatic carbocycles. The van der Waals surface area contributed by atoms with Crippen molar-refractivity contribution >= 4 is 17.5 Å². The van der Waals surface area contributed by atoms with Crippen LogP contribution in [-0.2, 0) is 30.7 Å². The number of fused-ring (bicyclic) bond motifs is 1. The molecule has 1 aliphatic rings. The van der Waals surface area contributed by atoms with Crippen LogP contribution in [0.25, 0.3) is 11.3 Å². The first-order valence-electron chi connectivity index (χ1n) is 10.4. The van der Waals surface area contributed by atoms with Crippen LogP contribution in [-0.4, -0.2) is 31.2 Å². The smallest absolute Gasteiger partial charge is 0.262 e. The second-order valence-electron chi connectivity index (χ2n) is 7.61. The highest BCUT2D eigenvalue weighted by molar-refractivity contribution is 6.30. The maximum absolute atomic E-state index is 12.6. The summed E-state index contributed by atoms with van der Waals surface area (Å²) in [6, 6.07) is 13.7. The average Bonchev–Trinajstić information content (AvgIpc) is 3.38. The van der Waals surface area contributed by atoms with E-state index in [1.165, 1.54) is 5.82 Å². The molecule has 1 aliphatic heterocycles. The van der Waals surface area contributed by atoms with E-state index in [4.69, 9.17) is 21.1 Å². The summed E-state index contributed by atoms with van der Waals surface area (Å²) in [5.41, 5.74) is 3.32. The molecule has 0 spiro atoms. The molecule has 0 saturated carbocycles. The Morgan fingerprint density at radius 3 is 2.65 bits per heavy atom. The van der Waals surface area contributed by atoms with Crippen LogP contribution in [0.15, 0.2) is 48.7 Å². The minimum Gasteiger partial charge on any atom is -0.493 e. The summed E-state index contributed by atoms with van der Waals surface area (Å²) in [4.78, 5) is 12.6. The number of nitrogens with zero attached hydrogens (tertiary/aromatic N) is 2. The normalized spacial score (nSPS) is 12.5. The summed E-state index contributed by atoms with van der Waals surface area (Å²) >= 11 is 6.04. The van der Waals surface area contributed by atoms with E-state index >= 15 is 0 Å². The Bertz CT molecular complexity index is 1080. The van der Waals surface area contributed by atoms with Crippen molar-refractivity contribution in [2.75, 3.05) is 20.8 Å². The van der Waals surface area contributed by atoms with Crippen LogP contribution in [0.1, 0.15) is 17.8 Å². The quantitative estimate of drug-likeness (QED) is 0.546. The molecule has 0 atom stereocenters. The number of nitrogens with one attached hydrogen (secondary N) is 1. The Kier molecular flexibility index (Phi) is 6.47. The predicted octanol–water partition coefficient (Wildman–Crippen LogP) is 3.42. The van der Waals surface area contributed by atoms with Gasteiger partial charge in [0.05, 0.1) is 27.2 Å². The van der Waals surface area contributed by atoms with Gasteiger partial charge in [-0.3, -0.25) is 4.79 Å². The van der Waals surface area contributed by atoms with E-state index in [1.54, 1.807) is 14.2 Å². The largest absolute Gasteiger partial charge is 0.493 e. The van der Waals surface area contributed by atoms with E-state index in [-0.39, 0.29) is 5.91 Å². The summed E-state index contributed by atoms with van der Waals surface area (Å²) in [5.74, 6) is 2.60. The van der Waals surface area contributed by atoms with Crippen LogP contribution in [0.3, 0.4) is 0 Å². The molecule has 0 bridgehead atoms. The minimum atomic E-state index is 0.00781. The number of aromatic nitrogens is 2. The molecule has 0 unspecified atom stereocenters. The zero-order valence-electron chi connectivity index (χ0n) is 17.9. The first-order chi connectivity index (χ1) is 15.1. The van der Waals surface area contributed by atoms with Gasteiger partial charge in [-0.15, -0.1) is 0 Å².